The van der Waals surface area contributed by atoms with Crippen molar-refractivity contribution in [3.05, 3.63) is 166 Å². The highest BCUT2D eigenvalue weighted by Crippen LogP contribution is 2.29. The molecule has 0 saturated carbocycles. The second-order valence-electron chi connectivity index (χ2n) is 18.8. The predicted molar refractivity (Wildman–Crippen MR) is 321 cm³/mol. The number of esters is 4. The van der Waals surface area contributed by atoms with E-state index in [0.29, 0.717) is 28.7 Å². The molecule has 6 aromatic carbocycles. The van der Waals surface area contributed by atoms with E-state index >= 15 is 8.78 Å². The molecule has 0 aliphatic rings. The van der Waals surface area contributed by atoms with E-state index in [9.17, 15) is 19.2 Å². The number of fused-ring (bicyclic) bond motifs is 1. The molecule has 0 unspecified atom stereocenters. The zero-order valence-corrected chi connectivity index (χ0v) is 46.8. The summed E-state index contributed by atoms with van der Waals surface area (Å²) in [5.74, 6) is 24.4. The number of ether oxygens (including phenoxy) is 6. The van der Waals surface area contributed by atoms with Gasteiger partial charge in [0.15, 0.2) is 23.1 Å². The summed E-state index contributed by atoms with van der Waals surface area (Å²) >= 11 is 0. The molecule has 84 heavy (non-hydrogen) atoms. The molecular formula is C72H58F2O10. The number of terminal acetylenes is 1. The van der Waals surface area contributed by atoms with Crippen LogP contribution in [0.1, 0.15) is 130 Å². The Hall–Kier alpha value is -10.7. The highest BCUT2D eigenvalue weighted by molar-refractivity contribution is 5.97. The lowest BCUT2D eigenvalue weighted by Crippen LogP contribution is -2.12. The van der Waals surface area contributed by atoms with E-state index in [1.165, 1.54) is 120 Å². The maximum Gasteiger partial charge on any atom is 0.343 e. The van der Waals surface area contributed by atoms with Crippen LogP contribution < -0.4 is 28.4 Å². The minimum Gasteiger partial charge on any atom is -0.494 e. The zero-order chi connectivity index (χ0) is 59.7. The minimum atomic E-state index is -0.988. The molecule has 6 rings (SSSR count). The smallest absolute Gasteiger partial charge is 0.343 e. The molecule has 6 aromatic rings. The van der Waals surface area contributed by atoms with Crippen molar-refractivity contribution in [2.24, 2.45) is 0 Å². The average molecular weight is 1120 g/mol. The van der Waals surface area contributed by atoms with Crippen molar-refractivity contribution in [3.63, 3.8) is 0 Å². The first-order chi connectivity index (χ1) is 40.9. The van der Waals surface area contributed by atoms with E-state index in [1.807, 2.05) is 24.3 Å². The number of carbonyl (C=O) groups excluding carboxylic acids is 4. The minimum absolute atomic E-state index is 0.0887. The molecule has 0 fully saturated rings. The molecule has 0 saturated heterocycles. The van der Waals surface area contributed by atoms with Gasteiger partial charge in [-0.1, -0.05) is 114 Å². The van der Waals surface area contributed by atoms with Gasteiger partial charge < -0.3 is 28.4 Å². The van der Waals surface area contributed by atoms with Crippen LogP contribution in [0.15, 0.2) is 132 Å². The normalized spacial score (nSPS) is 10.3. The van der Waals surface area contributed by atoms with Gasteiger partial charge in [-0.15, -0.1) is 6.42 Å². The number of hydrogen-bond donors (Lipinski definition) is 0. The SMILES string of the molecule is C#CC#CC#CC#CC#CC#CC#COc1ccc(C=C(C)C(=O)Oc2ccc(C(=O)Oc3ccc4ccc(OC(=O)c5ccc(OC(=O)C(C)=Cc6ccc(OCCCCCCCCCCCCCC)cc6)c(F)c5)cc4c3)cc2F)cc1. The molecule has 0 radical (unpaired) electrons. The summed E-state index contributed by atoms with van der Waals surface area (Å²) < 4.78 is 63.4. The van der Waals surface area contributed by atoms with Crippen LogP contribution >= 0.6 is 0 Å². The van der Waals surface area contributed by atoms with Crippen molar-refractivity contribution in [2.45, 2.75) is 97.8 Å². The molecule has 0 aliphatic carbocycles. The Morgan fingerprint density at radius 3 is 1.29 bits per heavy atom. The summed E-state index contributed by atoms with van der Waals surface area (Å²) in [4.78, 5) is 52.2. The number of rotatable bonds is 25. The third-order valence-corrected chi connectivity index (χ3v) is 12.3. The molecule has 420 valence electrons. The number of halogens is 2. The van der Waals surface area contributed by atoms with Crippen LogP contribution in [0.25, 0.3) is 22.9 Å². The first-order valence-corrected chi connectivity index (χ1v) is 27.2. The number of unbranched alkanes of at least 4 members (excludes halogenated alkanes) is 11. The zero-order valence-electron chi connectivity index (χ0n) is 46.8. The molecule has 10 nitrogen and oxygen atoms in total. The van der Waals surface area contributed by atoms with Gasteiger partial charge in [-0.2, -0.15) is 0 Å². The highest BCUT2D eigenvalue weighted by atomic mass is 19.1. The quantitative estimate of drug-likeness (QED) is 0.0180. The van der Waals surface area contributed by atoms with E-state index < -0.39 is 41.3 Å². The Balaban J connectivity index is 0.931. The molecule has 0 aliphatic heterocycles. The fourth-order valence-corrected chi connectivity index (χ4v) is 7.91. The summed E-state index contributed by atoms with van der Waals surface area (Å²) in [7, 11) is 0. The van der Waals surface area contributed by atoms with Crippen LogP contribution in [0.5, 0.6) is 34.5 Å². The lowest BCUT2D eigenvalue weighted by molar-refractivity contribution is -0.131. The molecular weight excluding hydrogens is 1060 g/mol. The van der Waals surface area contributed by atoms with Crippen molar-refractivity contribution in [1.29, 1.82) is 0 Å². The van der Waals surface area contributed by atoms with Gasteiger partial charge in [0.25, 0.3) is 0 Å². The van der Waals surface area contributed by atoms with Gasteiger partial charge in [-0.3, -0.25) is 0 Å². The molecule has 0 heterocycles. The van der Waals surface area contributed by atoms with Crippen molar-refractivity contribution in [2.75, 3.05) is 6.61 Å². The fourth-order valence-electron chi connectivity index (χ4n) is 7.91. The van der Waals surface area contributed by atoms with Crippen LogP contribution in [-0.4, -0.2) is 30.5 Å². The molecule has 0 N–H and O–H groups in total. The summed E-state index contributed by atoms with van der Waals surface area (Å²) in [5.41, 5.74) is 1.41. The van der Waals surface area contributed by atoms with Crippen molar-refractivity contribution in [3.8, 4) is 118 Å². The second-order valence-corrected chi connectivity index (χ2v) is 18.8. The van der Waals surface area contributed by atoms with Gasteiger partial charge in [-0.05, 0) is 175 Å². The van der Waals surface area contributed by atoms with Crippen LogP contribution in [0, 0.1) is 95.2 Å². The van der Waals surface area contributed by atoms with Gasteiger partial charge in [0.2, 0.25) is 0 Å². The average Bonchev–Trinajstić information content (AvgIpc) is 3.69. The summed E-state index contributed by atoms with van der Waals surface area (Å²) in [6, 6.07) is 29.9. The molecule has 12 heteroatoms. The van der Waals surface area contributed by atoms with Gasteiger partial charge in [0.1, 0.15) is 29.1 Å². The number of hydrogen-bond acceptors (Lipinski definition) is 10. The van der Waals surface area contributed by atoms with Gasteiger partial charge >= 0.3 is 23.9 Å². The van der Waals surface area contributed by atoms with Crippen LogP contribution in [-0.2, 0) is 9.59 Å². The largest absolute Gasteiger partial charge is 0.494 e. The van der Waals surface area contributed by atoms with Crippen LogP contribution in [0.2, 0.25) is 0 Å². The van der Waals surface area contributed by atoms with Crippen LogP contribution in [0.3, 0.4) is 0 Å². The summed E-state index contributed by atoms with van der Waals surface area (Å²) in [6.07, 6.45) is 25.9. The fraction of sp³-hybridized carbons (Fsp3) is 0.222. The second kappa shape index (κ2) is 34.5. The number of carbonyl (C=O) groups is 4. The summed E-state index contributed by atoms with van der Waals surface area (Å²) in [6.45, 7) is 5.93. The lowest BCUT2D eigenvalue weighted by Gasteiger charge is -2.10. The van der Waals surface area contributed by atoms with E-state index in [4.69, 9.17) is 34.8 Å². The first-order valence-electron chi connectivity index (χ1n) is 27.2. The van der Waals surface area contributed by atoms with Crippen LogP contribution in [0.4, 0.5) is 8.78 Å². The maximum atomic E-state index is 15.3. The number of benzene rings is 6. The van der Waals surface area contributed by atoms with Crippen molar-refractivity contribution in [1.82, 2.24) is 0 Å². The standard InChI is InChI=1S/C72H58F2O10/c1-5-7-9-11-13-15-17-19-21-23-25-27-45-79-61-37-29-55(30-38-61)47-53(3)69(75)83-67-43-35-58(51-65(67)73)71(77)81-63-41-33-57-34-42-64(50-60(57)49-63)82-72(78)59-36-44-68(66(74)52-59)84-70(76)54(4)48-56-31-39-62(40-32-56)80-46-28-26-24-22-20-18-16-14-12-10-8-6-2/h1,29-44,47-52H,6,8,10,12,14,16,18,20,22,24,26,28,46H2,2-4H3. The Morgan fingerprint density at radius 2 is 0.845 bits per heavy atom. The molecule has 0 aromatic heterocycles. The van der Waals surface area contributed by atoms with Crippen molar-refractivity contribution >= 4 is 46.8 Å². The first kappa shape index (κ1) is 62.5. The monoisotopic (exact) mass is 1120 g/mol. The molecule has 0 atom stereocenters. The van der Waals surface area contributed by atoms with E-state index in [0.717, 1.165) is 42.4 Å². The Labute approximate surface area is 489 Å². The van der Waals surface area contributed by atoms with E-state index in [1.54, 1.807) is 49.4 Å². The van der Waals surface area contributed by atoms with E-state index in [2.05, 4.69) is 84.1 Å². The predicted octanol–water partition coefficient (Wildman–Crippen LogP) is 14.6. The van der Waals surface area contributed by atoms with E-state index in [-0.39, 0.29) is 39.5 Å². The Morgan fingerprint density at radius 1 is 0.440 bits per heavy atom. The van der Waals surface area contributed by atoms with Crippen molar-refractivity contribution < 1.29 is 56.4 Å². The molecule has 0 amide bonds. The third kappa shape index (κ3) is 21.8. The third-order valence-electron chi connectivity index (χ3n) is 12.3. The Bertz CT molecular complexity index is 3850. The lowest BCUT2D eigenvalue weighted by atomic mass is 10.1. The topological polar surface area (TPSA) is 124 Å². The Kier molecular flexibility index (Phi) is 25.6. The molecule has 0 spiro atoms. The molecule has 0 bridgehead atoms. The van der Waals surface area contributed by atoms with Gasteiger partial charge in [0.05, 0.1) is 17.7 Å². The maximum absolute atomic E-state index is 15.3. The highest BCUT2D eigenvalue weighted by Gasteiger charge is 2.19. The summed E-state index contributed by atoms with van der Waals surface area (Å²) in [5, 5.41) is 1.20. The van der Waals surface area contributed by atoms with Gasteiger partial charge in [-0.25, -0.2) is 28.0 Å². The van der Waals surface area contributed by atoms with Gasteiger partial charge in [0, 0.05) is 46.7 Å².